The van der Waals surface area contributed by atoms with E-state index >= 15 is 0 Å². The molecule has 1 aromatic carbocycles. The van der Waals surface area contributed by atoms with E-state index in [1.54, 1.807) is 12.3 Å². The number of piperidine rings is 1. The Labute approximate surface area is 169 Å². The lowest BCUT2D eigenvalue weighted by Crippen LogP contribution is -2.50. The SMILES string of the molecule is N#C[C@H](Cc1ccc(-c2cnc3n2CCC3)cc1F)NC(=O)[C@H]1N[C@@H]2CC[C@H]1C2. The molecule has 1 aromatic heterocycles. The molecular weight excluding hydrogens is 369 g/mol. The van der Waals surface area contributed by atoms with Gasteiger partial charge in [0.1, 0.15) is 17.7 Å². The van der Waals surface area contributed by atoms with Gasteiger partial charge in [-0.15, -0.1) is 0 Å². The molecule has 2 fully saturated rings. The van der Waals surface area contributed by atoms with Gasteiger partial charge >= 0.3 is 0 Å². The lowest BCUT2D eigenvalue weighted by molar-refractivity contribution is -0.124. The molecular formula is C22H24FN5O. The summed E-state index contributed by atoms with van der Waals surface area (Å²) in [5, 5.41) is 15.6. The fourth-order valence-corrected chi connectivity index (χ4v) is 5.12. The summed E-state index contributed by atoms with van der Waals surface area (Å²) in [6.07, 6.45) is 7.18. The Bertz CT molecular complexity index is 994. The number of rotatable bonds is 5. The van der Waals surface area contributed by atoms with Crippen LogP contribution in [0.15, 0.2) is 24.4 Å². The van der Waals surface area contributed by atoms with Crippen LogP contribution in [0.2, 0.25) is 0 Å². The monoisotopic (exact) mass is 393 g/mol. The van der Waals surface area contributed by atoms with Gasteiger partial charge in [0.15, 0.2) is 0 Å². The predicted molar refractivity (Wildman–Crippen MR) is 105 cm³/mol. The molecule has 29 heavy (non-hydrogen) atoms. The van der Waals surface area contributed by atoms with Crippen LogP contribution in [0.25, 0.3) is 11.3 Å². The highest BCUT2D eigenvalue weighted by Crippen LogP contribution is 2.35. The summed E-state index contributed by atoms with van der Waals surface area (Å²) in [5.74, 6) is 0.901. The molecule has 5 rings (SSSR count). The van der Waals surface area contributed by atoms with Crippen molar-refractivity contribution < 1.29 is 9.18 Å². The molecule has 0 unspecified atom stereocenters. The number of nitrogens with zero attached hydrogens (tertiary/aromatic N) is 3. The number of carbonyl (C=O) groups is 1. The van der Waals surface area contributed by atoms with Gasteiger partial charge in [0.05, 0.1) is 24.0 Å². The first kappa shape index (κ1) is 18.3. The summed E-state index contributed by atoms with van der Waals surface area (Å²) in [6.45, 7) is 0.910. The van der Waals surface area contributed by atoms with Crippen LogP contribution in [-0.4, -0.2) is 33.6 Å². The van der Waals surface area contributed by atoms with E-state index in [-0.39, 0.29) is 24.2 Å². The van der Waals surface area contributed by atoms with Gasteiger partial charge in [-0.3, -0.25) is 4.79 Å². The van der Waals surface area contributed by atoms with Crippen molar-refractivity contribution in [3.05, 3.63) is 41.6 Å². The van der Waals surface area contributed by atoms with Crippen LogP contribution >= 0.6 is 0 Å². The van der Waals surface area contributed by atoms with Crippen LogP contribution in [0, 0.1) is 23.1 Å². The molecule has 2 N–H and O–H groups in total. The van der Waals surface area contributed by atoms with E-state index in [1.165, 1.54) is 6.07 Å². The Kier molecular flexibility index (Phi) is 4.59. The van der Waals surface area contributed by atoms with Gasteiger partial charge in [-0.2, -0.15) is 5.26 Å². The van der Waals surface area contributed by atoms with Crippen LogP contribution in [0.1, 0.15) is 37.1 Å². The summed E-state index contributed by atoms with van der Waals surface area (Å²) in [4.78, 5) is 17.0. The zero-order chi connectivity index (χ0) is 20.0. The smallest absolute Gasteiger partial charge is 0.238 e. The predicted octanol–water partition coefficient (Wildman–Crippen LogP) is 2.33. The van der Waals surface area contributed by atoms with Crippen molar-refractivity contribution in [1.82, 2.24) is 20.2 Å². The lowest BCUT2D eigenvalue weighted by Gasteiger charge is -2.23. The average Bonchev–Trinajstić information content (AvgIpc) is 3.49. The van der Waals surface area contributed by atoms with Crippen LogP contribution in [0.5, 0.6) is 0 Å². The van der Waals surface area contributed by atoms with Gasteiger partial charge in [0.2, 0.25) is 5.91 Å². The van der Waals surface area contributed by atoms with E-state index in [1.807, 2.05) is 6.07 Å². The quantitative estimate of drug-likeness (QED) is 0.817. The first-order valence-electron chi connectivity index (χ1n) is 10.4. The van der Waals surface area contributed by atoms with Gasteiger partial charge in [0, 0.05) is 31.0 Å². The first-order valence-corrected chi connectivity index (χ1v) is 10.4. The van der Waals surface area contributed by atoms with E-state index in [2.05, 4.69) is 26.3 Å². The van der Waals surface area contributed by atoms with Crippen molar-refractivity contribution in [3.63, 3.8) is 0 Å². The van der Waals surface area contributed by atoms with Gasteiger partial charge in [-0.05, 0) is 43.2 Å². The van der Waals surface area contributed by atoms with E-state index in [9.17, 15) is 14.4 Å². The van der Waals surface area contributed by atoms with Crippen molar-refractivity contribution in [2.24, 2.45) is 5.92 Å². The van der Waals surface area contributed by atoms with Crippen LogP contribution in [0.4, 0.5) is 4.39 Å². The molecule has 1 amide bonds. The molecule has 0 radical (unpaired) electrons. The van der Waals surface area contributed by atoms with Crippen molar-refractivity contribution >= 4 is 5.91 Å². The highest BCUT2D eigenvalue weighted by Gasteiger charge is 2.43. The molecule has 0 spiro atoms. The Hall–Kier alpha value is -2.72. The molecule has 1 saturated heterocycles. The summed E-state index contributed by atoms with van der Waals surface area (Å²) in [6, 6.07) is 6.66. The Balaban J connectivity index is 1.28. The minimum absolute atomic E-state index is 0.143. The maximum atomic E-state index is 14.8. The zero-order valence-electron chi connectivity index (χ0n) is 16.2. The molecule has 1 saturated carbocycles. The summed E-state index contributed by atoms with van der Waals surface area (Å²) in [7, 11) is 0. The second kappa shape index (κ2) is 7.27. The molecule has 3 aliphatic rings. The number of hydrogen-bond donors (Lipinski definition) is 2. The molecule has 150 valence electrons. The number of imidazole rings is 1. The minimum Gasteiger partial charge on any atom is -0.339 e. The van der Waals surface area contributed by atoms with Gasteiger partial charge in [-0.25, -0.2) is 9.37 Å². The topological polar surface area (TPSA) is 82.7 Å². The summed E-state index contributed by atoms with van der Waals surface area (Å²) < 4.78 is 16.9. The average molecular weight is 393 g/mol. The Morgan fingerprint density at radius 2 is 2.34 bits per heavy atom. The third-order valence-electron chi connectivity index (χ3n) is 6.61. The lowest BCUT2D eigenvalue weighted by atomic mass is 9.98. The molecule has 2 bridgehead atoms. The number of nitrogens with one attached hydrogen (secondary N) is 2. The normalized spacial score (nSPS) is 25.6. The first-order chi connectivity index (χ1) is 14.1. The fraction of sp³-hybridized carbons (Fsp3) is 0.500. The van der Waals surface area contributed by atoms with E-state index in [0.29, 0.717) is 17.5 Å². The van der Waals surface area contributed by atoms with Crippen molar-refractivity contribution in [2.45, 2.75) is 63.2 Å². The highest BCUT2D eigenvalue weighted by atomic mass is 19.1. The van der Waals surface area contributed by atoms with Crippen molar-refractivity contribution in [3.8, 4) is 17.3 Å². The summed E-state index contributed by atoms with van der Waals surface area (Å²) >= 11 is 0. The number of fused-ring (bicyclic) bond motifs is 3. The maximum absolute atomic E-state index is 14.8. The van der Waals surface area contributed by atoms with Crippen molar-refractivity contribution in [2.75, 3.05) is 0 Å². The number of amides is 1. The molecule has 1 aliphatic carbocycles. The van der Waals surface area contributed by atoms with Gasteiger partial charge in [0.25, 0.3) is 0 Å². The molecule has 3 heterocycles. The molecule has 4 atom stereocenters. The number of benzene rings is 1. The van der Waals surface area contributed by atoms with Gasteiger partial charge in [-0.1, -0.05) is 12.1 Å². The maximum Gasteiger partial charge on any atom is 0.238 e. The fourth-order valence-electron chi connectivity index (χ4n) is 5.12. The van der Waals surface area contributed by atoms with E-state index in [0.717, 1.165) is 55.7 Å². The standard InChI is InChI=1S/C22H24FN5O/c23-18-10-14(19-12-25-20-2-1-7-28(19)20)4-3-13(18)8-17(11-24)27-22(29)21-15-5-6-16(9-15)26-21/h3-4,10,12,15-17,21,26H,1-2,5-9H2,(H,27,29)/t15-,16+,17-,21-/m0/s1. The molecule has 6 nitrogen and oxygen atoms in total. The Morgan fingerprint density at radius 1 is 1.45 bits per heavy atom. The third kappa shape index (κ3) is 3.32. The van der Waals surface area contributed by atoms with E-state index < -0.39 is 6.04 Å². The molecule has 2 aliphatic heterocycles. The minimum atomic E-state index is -0.747. The van der Waals surface area contributed by atoms with Crippen molar-refractivity contribution in [1.29, 1.82) is 5.26 Å². The number of aryl methyl sites for hydroxylation is 1. The third-order valence-corrected chi connectivity index (χ3v) is 6.61. The van der Waals surface area contributed by atoms with Gasteiger partial charge < -0.3 is 15.2 Å². The number of nitriles is 1. The zero-order valence-corrected chi connectivity index (χ0v) is 16.2. The van der Waals surface area contributed by atoms with E-state index in [4.69, 9.17) is 0 Å². The number of aromatic nitrogens is 2. The molecule has 2 aromatic rings. The second-order valence-electron chi connectivity index (χ2n) is 8.43. The number of hydrogen-bond acceptors (Lipinski definition) is 4. The van der Waals surface area contributed by atoms with Crippen LogP contribution in [0.3, 0.4) is 0 Å². The second-order valence-corrected chi connectivity index (χ2v) is 8.43. The largest absolute Gasteiger partial charge is 0.339 e. The Morgan fingerprint density at radius 3 is 3.07 bits per heavy atom. The number of carbonyl (C=O) groups excluding carboxylic acids is 1. The highest BCUT2D eigenvalue weighted by molar-refractivity contribution is 5.83. The van der Waals surface area contributed by atoms with Crippen LogP contribution < -0.4 is 10.6 Å². The van der Waals surface area contributed by atoms with Crippen LogP contribution in [-0.2, 0) is 24.2 Å². The number of halogens is 1. The summed E-state index contributed by atoms with van der Waals surface area (Å²) in [5.41, 5.74) is 2.15. The molecule has 7 heteroatoms.